The largest absolute Gasteiger partial charge is 0.491 e. The molecule has 0 aromatic heterocycles. The Bertz CT molecular complexity index is 473. The van der Waals surface area contributed by atoms with Crippen LogP contribution in [0.1, 0.15) is 13.8 Å². The quantitative estimate of drug-likeness (QED) is 0.246. The van der Waals surface area contributed by atoms with Gasteiger partial charge in [-0.3, -0.25) is 0 Å². The third-order valence-electron chi connectivity index (χ3n) is 3.61. The Morgan fingerprint density at radius 3 is 1.88 bits per heavy atom. The van der Waals surface area contributed by atoms with Gasteiger partial charge in [-0.25, -0.2) is 0 Å². The molecule has 150 valence electrons. The summed E-state index contributed by atoms with van der Waals surface area (Å²) >= 11 is 0. The first-order valence-electron chi connectivity index (χ1n) is 9.02. The number of rotatable bonds is 14. The van der Waals surface area contributed by atoms with Crippen molar-refractivity contribution in [3.8, 4) is 11.5 Å². The van der Waals surface area contributed by atoms with Crippen LogP contribution in [-0.4, -0.2) is 73.9 Å². The van der Waals surface area contributed by atoms with E-state index in [2.05, 4.69) is 10.6 Å². The molecule has 0 aliphatic heterocycles. The van der Waals surface area contributed by atoms with Crippen LogP contribution in [0.5, 0.6) is 11.5 Å². The van der Waals surface area contributed by atoms with Crippen molar-refractivity contribution in [3.05, 3.63) is 24.3 Å². The van der Waals surface area contributed by atoms with Crippen molar-refractivity contribution in [2.24, 2.45) is 11.5 Å². The Hall–Kier alpha value is -1.42. The predicted molar refractivity (Wildman–Crippen MR) is 102 cm³/mol. The highest BCUT2D eigenvalue weighted by molar-refractivity contribution is 5.31. The van der Waals surface area contributed by atoms with E-state index in [-0.39, 0.29) is 25.3 Å². The summed E-state index contributed by atoms with van der Waals surface area (Å²) in [5.41, 5.74) is 11.1. The van der Waals surface area contributed by atoms with Gasteiger partial charge in [0.1, 0.15) is 36.9 Å². The van der Waals surface area contributed by atoms with Gasteiger partial charge in [-0.1, -0.05) is 0 Å². The molecule has 1 aromatic rings. The first-order valence-corrected chi connectivity index (χ1v) is 9.02. The number of nitrogens with two attached hydrogens (primary N) is 2. The Balaban J connectivity index is 2.24. The molecule has 4 atom stereocenters. The smallest absolute Gasteiger partial charge is 0.119 e. The van der Waals surface area contributed by atoms with Crippen molar-refractivity contribution in [2.75, 3.05) is 39.4 Å². The number of ether oxygens (including phenoxy) is 2. The SMILES string of the molecule is CC(N)CNCC(O)COc1ccc(OCC(O)CNC(C)CN)cc1. The van der Waals surface area contributed by atoms with Gasteiger partial charge in [0, 0.05) is 38.3 Å². The van der Waals surface area contributed by atoms with Crippen molar-refractivity contribution >= 4 is 0 Å². The molecule has 0 spiro atoms. The molecule has 0 amide bonds. The van der Waals surface area contributed by atoms with Crippen LogP contribution in [0.4, 0.5) is 0 Å². The number of nitrogens with one attached hydrogen (secondary N) is 2. The average Bonchev–Trinajstić information content (AvgIpc) is 2.63. The molecule has 0 saturated heterocycles. The zero-order valence-electron chi connectivity index (χ0n) is 15.7. The molecule has 8 heteroatoms. The second kappa shape index (κ2) is 12.9. The highest BCUT2D eigenvalue weighted by Crippen LogP contribution is 2.17. The second-order valence-corrected chi connectivity index (χ2v) is 6.58. The summed E-state index contributed by atoms with van der Waals surface area (Å²) in [4.78, 5) is 0. The van der Waals surface area contributed by atoms with Gasteiger partial charge >= 0.3 is 0 Å². The van der Waals surface area contributed by atoms with Crippen molar-refractivity contribution in [1.29, 1.82) is 0 Å². The minimum Gasteiger partial charge on any atom is -0.491 e. The maximum Gasteiger partial charge on any atom is 0.119 e. The summed E-state index contributed by atoms with van der Waals surface area (Å²) in [5.74, 6) is 1.28. The molecular formula is C18H34N4O4. The Morgan fingerprint density at radius 1 is 0.923 bits per heavy atom. The maximum absolute atomic E-state index is 9.87. The van der Waals surface area contributed by atoms with Gasteiger partial charge in [-0.15, -0.1) is 0 Å². The Kier molecular flexibility index (Phi) is 11.2. The first-order chi connectivity index (χ1) is 12.4. The van der Waals surface area contributed by atoms with Gasteiger partial charge in [0.2, 0.25) is 0 Å². The van der Waals surface area contributed by atoms with Gasteiger partial charge in [-0.2, -0.15) is 0 Å². The third kappa shape index (κ3) is 10.5. The fraction of sp³-hybridized carbons (Fsp3) is 0.667. The van der Waals surface area contributed by atoms with Crippen molar-refractivity contribution < 1.29 is 19.7 Å². The molecule has 0 radical (unpaired) electrons. The van der Waals surface area contributed by atoms with Gasteiger partial charge in [0.05, 0.1) is 0 Å². The van der Waals surface area contributed by atoms with Crippen molar-refractivity contribution in [3.63, 3.8) is 0 Å². The van der Waals surface area contributed by atoms with Gasteiger partial charge in [0.25, 0.3) is 0 Å². The van der Waals surface area contributed by atoms with Crippen LogP contribution in [-0.2, 0) is 0 Å². The van der Waals surface area contributed by atoms with Crippen molar-refractivity contribution in [1.82, 2.24) is 10.6 Å². The van der Waals surface area contributed by atoms with Crippen LogP contribution in [0.2, 0.25) is 0 Å². The number of aliphatic hydroxyl groups excluding tert-OH is 2. The number of aliphatic hydroxyl groups is 2. The lowest BCUT2D eigenvalue weighted by Gasteiger charge is -2.17. The zero-order chi connectivity index (χ0) is 19.4. The minimum absolute atomic E-state index is 0.0500. The third-order valence-corrected chi connectivity index (χ3v) is 3.61. The molecule has 8 N–H and O–H groups in total. The topological polar surface area (TPSA) is 135 Å². The average molecular weight is 370 g/mol. The summed E-state index contributed by atoms with van der Waals surface area (Å²) in [6.45, 7) is 6.26. The summed E-state index contributed by atoms with van der Waals surface area (Å²) in [7, 11) is 0. The molecule has 4 unspecified atom stereocenters. The van der Waals surface area contributed by atoms with Crippen LogP contribution >= 0.6 is 0 Å². The maximum atomic E-state index is 9.87. The van der Waals surface area contributed by atoms with E-state index in [0.29, 0.717) is 37.7 Å². The first kappa shape index (κ1) is 22.6. The Morgan fingerprint density at radius 2 is 1.42 bits per heavy atom. The molecule has 0 aliphatic rings. The van der Waals surface area contributed by atoms with E-state index in [1.165, 1.54) is 0 Å². The van der Waals surface area contributed by atoms with Gasteiger partial charge < -0.3 is 41.8 Å². The summed E-state index contributed by atoms with van der Waals surface area (Å²) in [6.07, 6.45) is -1.22. The standard InChI is InChI=1S/C18H34N4O4/c1-13(20)8-21-9-15(23)11-25-17-3-5-18(6-4-17)26-12-16(24)10-22-14(2)7-19/h3-6,13-16,21-24H,7-12,19-20H2,1-2H3. The monoisotopic (exact) mass is 370 g/mol. The molecule has 0 heterocycles. The van der Waals surface area contributed by atoms with E-state index < -0.39 is 12.2 Å². The molecule has 0 aliphatic carbocycles. The van der Waals surface area contributed by atoms with E-state index in [1.807, 2.05) is 13.8 Å². The lowest BCUT2D eigenvalue weighted by Crippen LogP contribution is -2.40. The summed E-state index contributed by atoms with van der Waals surface area (Å²) in [6, 6.07) is 7.26. The fourth-order valence-electron chi connectivity index (χ4n) is 2.03. The van der Waals surface area contributed by atoms with Crippen LogP contribution in [0, 0.1) is 0 Å². The van der Waals surface area contributed by atoms with E-state index in [1.54, 1.807) is 24.3 Å². The fourth-order valence-corrected chi connectivity index (χ4v) is 2.03. The van der Waals surface area contributed by atoms with Crippen LogP contribution in [0.15, 0.2) is 24.3 Å². The summed E-state index contributed by atoms with van der Waals surface area (Å²) < 4.78 is 11.1. The Labute approximate surface area is 155 Å². The van der Waals surface area contributed by atoms with Crippen LogP contribution in [0.3, 0.4) is 0 Å². The molecule has 0 fully saturated rings. The van der Waals surface area contributed by atoms with Crippen molar-refractivity contribution in [2.45, 2.75) is 38.1 Å². The lowest BCUT2D eigenvalue weighted by molar-refractivity contribution is 0.103. The highest BCUT2D eigenvalue weighted by atomic mass is 16.5. The molecular weight excluding hydrogens is 336 g/mol. The van der Waals surface area contributed by atoms with Gasteiger partial charge in [-0.05, 0) is 38.1 Å². The molecule has 26 heavy (non-hydrogen) atoms. The molecule has 1 aromatic carbocycles. The van der Waals surface area contributed by atoms with E-state index in [9.17, 15) is 10.2 Å². The second-order valence-electron chi connectivity index (χ2n) is 6.58. The highest BCUT2D eigenvalue weighted by Gasteiger charge is 2.08. The van der Waals surface area contributed by atoms with E-state index in [4.69, 9.17) is 20.9 Å². The van der Waals surface area contributed by atoms with Crippen LogP contribution < -0.4 is 31.6 Å². The zero-order valence-corrected chi connectivity index (χ0v) is 15.7. The van der Waals surface area contributed by atoms with Gasteiger partial charge in [0.15, 0.2) is 0 Å². The lowest BCUT2D eigenvalue weighted by atomic mass is 10.3. The minimum atomic E-state index is -0.612. The number of benzene rings is 1. The normalized spacial score (nSPS) is 15.9. The predicted octanol–water partition coefficient (Wildman–Crippen LogP) is -0.960. The molecule has 1 rings (SSSR count). The number of hydrogen-bond donors (Lipinski definition) is 6. The van der Waals surface area contributed by atoms with Crippen LogP contribution in [0.25, 0.3) is 0 Å². The molecule has 0 saturated carbocycles. The number of hydrogen-bond acceptors (Lipinski definition) is 8. The summed E-state index contributed by atoms with van der Waals surface area (Å²) in [5, 5.41) is 25.9. The van der Waals surface area contributed by atoms with E-state index >= 15 is 0 Å². The van der Waals surface area contributed by atoms with E-state index in [0.717, 1.165) is 0 Å². The molecule has 8 nitrogen and oxygen atoms in total. The molecule has 0 bridgehead atoms.